The molecule has 0 bridgehead atoms. The highest BCUT2D eigenvalue weighted by atomic mass is 32.2. The van der Waals surface area contributed by atoms with E-state index < -0.39 is 9.84 Å². The molecular weight excluding hydrogens is 406 g/mol. The molecule has 30 heavy (non-hydrogen) atoms. The van der Waals surface area contributed by atoms with Gasteiger partial charge in [-0.15, -0.1) is 0 Å². The van der Waals surface area contributed by atoms with Gasteiger partial charge in [-0.2, -0.15) is 4.98 Å². The smallest absolute Gasteiger partial charge is 0.324 e. The van der Waals surface area contributed by atoms with Gasteiger partial charge >= 0.3 is 6.01 Å². The van der Waals surface area contributed by atoms with Crippen molar-refractivity contribution in [2.45, 2.75) is 37.2 Å². The van der Waals surface area contributed by atoms with Gasteiger partial charge in [0.1, 0.15) is 12.4 Å². The maximum atomic E-state index is 11.5. The lowest BCUT2D eigenvalue weighted by atomic mass is 9.91. The summed E-state index contributed by atoms with van der Waals surface area (Å²) in [6.07, 6.45) is 5.83. The van der Waals surface area contributed by atoms with Crippen molar-refractivity contribution in [3.63, 3.8) is 0 Å². The molecule has 1 aromatic carbocycles. The van der Waals surface area contributed by atoms with Gasteiger partial charge in [0.05, 0.1) is 11.5 Å². The number of ether oxygens (including phenoxy) is 2. The van der Waals surface area contributed by atoms with Crippen LogP contribution in [0.4, 0.5) is 6.01 Å². The van der Waals surface area contributed by atoms with Crippen LogP contribution in [0.1, 0.15) is 31.5 Å². The first-order valence-corrected chi connectivity index (χ1v) is 12.3. The van der Waals surface area contributed by atoms with E-state index in [0.29, 0.717) is 29.9 Å². The van der Waals surface area contributed by atoms with Crippen LogP contribution in [0, 0.1) is 17.8 Å². The number of sulfone groups is 1. The summed E-state index contributed by atoms with van der Waals surface area (Å²) < 4.78 is 39.2. The van der Waals surface area contributed by atoms with Crippen molar-refractivity contribution in [2.75, 3.05) is 38.0 Å². The number of nitrogens with zero attached hydrogens (tertiary/aromatic N) is 3. The number of methoxy groups -OCH3 is 1. The first kappa shape index (κ1) is 21.1. The van der Waals surface area contributed by atoms with E-state index in [1.54, 1.807) is 31.4 Å². The Hall–Kier alpha value is -2.13. The average molecular weight is 436 g/mol. The van der Waals surface area contributed by atoms with Crippen LogP contribution in [0.3, 0.4) is 0 Å². The molecule has 1 saturated carbocycles. The molecule has 1 aromatic heterocycles. The van der Waals surface area contributed by atoms with E-state index >= 15 is 0 Å². The molecule has 0 spiro atoms. The number of benzene rings is 1. The van der Waals surface area contributed by atoms with Crippen LogP contribution >= 0.6 is 0 Å². The fraction of sp³-hybridized carbons (Fsp3) is 0.619. The highest BCUT2D eigenvalue weighted by Crippen LogP contribution is 2.49. The first-order chi connectivity index (χ1) is 14.4. The summed E-state index contributed by atoms with van der Waals surface area (Å²) in [5.74, 6) is 3.58. The van der Waals surface area contributed by atoms with Gasteiger partial charge in [-0.05, 0) is 67.7 Å². The predicted octanol–water partition coefficient (Wildman–Crippen LogP) is 2.94. The third-order valence-corrected chi connectivity index (χ3v) is 7.26. The summed E-state index contributed by atoms with van der Waals surface area (Å²) in [6.45, 7) is 2.94. The Morgan fingerprint density at radius 3 is 2.60 bits per heavy atom. The number of rotatable bonds is 9. The Morgan fingerprint density at radius 2 is 1.93 bits per heavy atom. The van der Waals surface area contributed by atoms with Gasteiger partial charge in [0.25, 0.3) is 0 Å². The van der Waals surface area contributed by atoms with Gasteiger partial charge in [-0.3, -0.25) is 0 Å². The van der Waals surface area contributed by atoms with Crippen molar-refractivity contribution in [3.05, 3.63) is 30.1 Å². The normalized spacial score (nSPS) is 22.3. The van der Waals surface area contributed by atoms with E-state index in [-0.39, 0.29) is 0 Å². The molecule has 1 aliphatic carbocycles. The van der Waals surface area contributed by atoms with Gasteiger partial charge < -0.3 is 18.9 Å². The second kappa shape index (κ2) is 8.93. The standard InChI is InChI=1S/C21H29N3O5S/c1-27-14-20-22-21(29-23-20)24-10-7-15(8-11-24)19-13-16(19)9-12-28-17-3-5-18(6-4-17)30(2,25)26/h3-6,15-16,19H,7-14H2,1-2H3/t16-,19-/m1/s1. The third-order valence-electron chi connectivity index (χ3n) is 6.13. The van der Waals surface area contributed by atoms with Crippen molar-refractivity contribution in [2.24, 2.45) is 17.8 Å². The summed E-state index contributed by atoms with van der Waals surface area (Å²) in [5, 5.41) is 3.94. The van der Waals surface area contributed by atoms with E-state index in [4.69, 9.17) is 14.0 Å². The maximum absolute atomic E-state index is 11.5. The lowest BCUT2D eigenvalue weighted by molar-refractivity contribution is 0.174. The number of hydrogen-bond acceptors (Lipinski definition) is 8. The van der Waals surface area contributed by atoms with E-state index in [0.717, 1.165) is 55.9 Å². The van der Waals surface area contributed by atoms with E-state index in [9.17, 15) is 8.42 Å². The minimum Gasteiger partial charge on any atom is -0.494 e. The topological polar surface area (TPSA) is 94.8 Å². The highest BCUT2D eigenvalue weighted by molar-refractivity contribution is 7.90. The minimum absolute atomic E-state index is 0.318. The van der Waals surface area contributed by atoms with Crippen LogP contribution in [0.5, 0.6) is 5.75 Å². The summed E-state index contributed by atoms with van der Waals surface area (Å²) in [7, 11) is -1.55. The molecule has 0 N–H and O–H groups in total. The fourth-order valence-electron chi connectivity index (χ4n) is 4.37. The summed E-state index contributed by atoms with van der Waals surface area (Å²) in [5.41, 5.74) is 0. The van der Waals surface area contributed by atoms with Gasteiger partial charge in [0.2, 0.25) is 0 Å². The van der Waals surface area contributed by atoms with Crippen molar-refractivity contribution in [1.29, 1.82) is 0 Å². The Kier molecular flexibility index (Phi) is 6.29. The monoisotopic (exact) mass is 435 g/mol. The van der Waals surface area contributed by atoms with Gasteiger partial charge in [0, 0.05) is 26.5 Å². The molecule has 164 valence electrons. The average Bonchev–Trinajstić information content (AvgIpc) is 3.35. The number of anilines is 1. The lowest BCUT2D eigenvalue weighted by Gasteiger charge is -2.30. The molecule has 2 aromatic rings. The van der Waals surface area contributed by atoms with Crippen LogP contribution in [-0.2, 0) is 21.2 Å². The van der Waals surface area contributed by atoms with Gasteiger partial charge in [-0.25, -0.2) is 8.42 Å². The van der Waals surface area contributed by atoms with E-state index in [1.165, 1.54) is 12.7 Å². The molecule has 4 rings (SSSR count). The summed E-state index contributed by atoms with van der Waals surface area (Å²) in [6, 6.07) is 7.25. The Balaban J connectivity index is 1.17. The SMILES string of the molecule is COCc1noc(N2CCC([C@H]3C[C@H]3CCOc3ccc(S(C)(=O)=O)cc3)CC2)n1. The number of aromatic nitrogens is 2. The lowest BCUT2D eigenvalue weighted by Crippen LogP contribution is -2.34. The zero-order valence-electron chi connectivity index (χ0n) is 17.5. The number of piperidine rings is 1. The van der Waals surface area contributed by atoms with Crippen LogP contribution in [-0.4, -0.2) is 51.6 Å². The molecule has 1 aliphatic heterocycles. The molecule has 2 fully saturated rings. The Bertz CT molecular complexity index is 936. The minimum atomic E-state index is -3.16. The molecule has 9 heteroatoms. The third kappa shape index (κ3) is 5.13. The fourth-order valence-corrected chi connectivity index (χ4v) is 5.00. The largest absolute Gasteiger partial charge is 0.494 e. The van der Waals surface area contributed by atoms with Crippen molar-refractivity contribution < 1.29 is 22.4 Å². The first-order valence-electron chi connectivity index (χ1n) is 10.4. The van der Waals surface area contributed by atoms with Crippen LogP contribution in [0.2, 0.25) is 0 Å². The van der Waals surface area contributed by atoms with Gasteiger partial charge in [-0.1, -0.05) is 5.16 Å². The molecule has 0 amide bonds. The summed E-state index contributed by atoms with van der Waals surface area (Å²) in [4.78, 5) is 6.87. The second-order valence-electron chi connectivity index (χ2n) is 8.29. The van der Waals surface area contributed by atoms with Crippen molar-refractivity contribution >= 4 is 15.9 Å². The van der Waals surface area contributed by atoms with E-state index in [2.05, 4.69) is 15.0 Å². The molecular formula is C21H29N3O5S. The number of hydrogen-bond donors (Lipinski definition) is 0. The van der Waals surface area contributed by atoms with E-state index in [1.807, 2.05) is 0 Å². The molecule has 2 atom stereocenters. The van der Waals surface area contributed by atoms with Crippen LogP contribution in [0.15, 0.2) is 33.7 Å². The zero-order valence-corrected chi connectivity index (χ0v) is 18.3. The van der Waals surface area contributed by atoms with Crippen LogP contribution in [0.25, 0.3) is 0 Å². The highest BCUT2D eigenvalue weighted by Gasteiger charge is 2.43. The Labute approximate surface area is 177 Å². The predicted molar refractivity (Wildman–Crippen MR) is 111 cm³/mol. The molecule has 2 heterocycles. The molecule has 2 aliphatic rings. The van der Waals surface area contributed by atoms with Crippen molar-refractivity contribution in [3.8, 4) is 5.75 Å². The molecule has 0 unspecified atom stereocenters. The quantitative estimate of drug-likeness (QED) is 0.593. The molecule has 1 saturated heterocycles. The second-order valence-corrected chi connectivity index (χ2v) is 10.3. The zero-order chi connectivity index (χ0) is 21.1. The van der Waals surface area contributed by atoms with Crippen molar-refractivity contribution in [1.82, 2.24) is 10.1 Å². The van der Waals surface area contributed by atoms with Crippen LogP contribution < -0.4 is 9.64 Å². The molecule has 8 nitrogen and oxygen atoms in total. The molecule has 0 radical (unpaired) electrons. The maximum Gasteiger partial charge on any atom is 0.324 e. The Morgan fingerprint density at radius 1 is 1.20 bits per heavy atom. The summed E-state index contributed by atoms with van der Waals surface area (Å²) >= 11 is 0. The van der Waals surface area contributed by atoms with Gasteiger partial charge in [0.15, 0.2) is 15.7 Å².